The van der Waals surface area contributed by atoms with Crippen molar-refractivity contribution >= 4 is 16.8 Å². The molecule has 0 saturated carbocycles. The van der Waals surface area contributed by atoms with Crippen molar-refractivity contribution in [1.29, 1.82) is 5.26 Å². The number of rotatable bonds is 4. The molecule has 0 aromatic carbocycles. The highest BCUT2D eigenvalue weighted by Gasteiger charge is 2.13. The Bertz CT molecular complexity index is 150. The van der Waals surface area contributed by atoms with E-state index in [0.29, 0.717) is 6.42 Å². The summed E-state index contributed by atoms with van der Waals surface area (Å²) in [6.45, 7) is 2.01. The van der Waals surface area contributed by atoms with Crippen molar-refractivity contribution in [2.45, 2.75) is 26.2 Å². The lowest BCUT2D eigenvalue weighted by atomic mass is 10.1. The first-order valence-electron chi connectivity index (χ1n) is 3.31. The monoisotopic (exact) mass is 159 g/mol. The van der Waals surface area contributed by atoms with Gasteiger partial charge in [0.05, 0.1) is 6.07 Å². The Hall–Kier alpha value is -0.550. The average molecular weight is 160 g/mol. The molecule has 0 aliphatic rings. The molecule has 0 bridgehead atoms. The summed E-state index contributed by atoms with van der Waals surface area (Å²) in [4.78, 5) is 10.4. The van der Waals surface area contributed by atoms with E-state index in [-0.39, 0.29) is 0 Å². The SMILES string of the molecule is CCCC[C@H](C#N)C(=O)Cl. The number of hydrogen-bond donors (Lipinski definition) is 0. The van der Waals surface area contributed by atoms with Gasteiger partial charge in [-0.05, 0) is 18.0 Å². The fraction of sp³-hybridized carbons (Fsp3) is 0.714. The van der Waals surface area contributed by atoms with Crippen LogP contribution in [0.4, 0.5) is 0 Å². The van der Waals surface area contributed by atoms with E-state index >= 15 is 0 Å². The lowest BCUT2D eigenvalue weighted by Crippen LogP contribution is -2.04. The molecular formula is C7H10ClNO. The number of hydrogen-bond acceptors (Lipinski definition) is 2. The summed E-state index contributed by atoms with van der Waals surface area (Å²) < 4.78 is 0. The Balaban J connectivity index is 3.64. The fourth-order valence-corrected chi connectivity index (χ4v) is 0.795. The summed E-state index contributed by atoms with van der Waals surface area (Å²) in [5.41, 5.74) is 0. The van der Waals surface area contributed by atoms with Gasteiger partial charge in [-0.1, -0.05) is 19.8 Å². The predicted octanol–water partition coefficient (Wildman–Crippen LogP) is 2.08. The van der Waals surface area contributed by atoms with Crippen molar-refractivity contribution in [2.24, 2.45) is 5.92 Å². The summed E-state index contributed by atoms with van der Waals surface area (Å²) in [5.74, 6) is -0.596. The summed E-state index contributed by atoms with van der Waals surface area (Å²) in [6.07, 6.45) is 2.47. The molecule has 0 aliphatic heterocycles. The zero-order valence-corrected chi connectivity index (χ0v) is 6.69. The van der Waals surface area contributed by atoms with Gasteiger partial charge in [0, 0.05) is 0 Å². The highest BCUT2D eigenvalue weighted by molar-refractivity contribution is 6.64. The molecule has 0 aliphatic carbocycles. The van der Waals surface area contributed by atoms with Crippen LogP contribution >= 0.6 is 11.6 Å². The third kappa shape index (κ3) is 3.47. The lowest BCUT2D eigenvalue weighted by Gasteiger charge is -1.99. The zero-order chi connectivity index (χ0) is 7.98. The van der Waals surface area contributed by atoms with E-state index in [9.17, 15) is 4.79 Å². The Labute approximate surface area is 65.8 Å². The molecule has 0 fully saturated rings. The lowest BCUT2D eigenvalue weighted by molar-refractivity contribution is -0.113. The van der Waals surface area contributed by atoms with Gasteiger partial charge in [-0.15, -0.1) is 0 Å². The van der Waals surface area contributed by atoms with Crippen molar-refractivity contribution in [1.82, 2.24) is 0 Å². The third-order valence-electron chi connectivity index (χ3n) is 1.28. The highest BCUT2D eigenvalue weighted by Crippen LogP contribution is 2.10. The minimum absolute atomic E-state index is 0.532. The van der Waals surface area contributed by atoms with Crippen LogP contribution in [0, 0.1) is 17.2 Å². The van der Waals surface area contributed by atoms with Crippen LogP contribution in [0.3, 0.4) is 0 Å². The Morgan fingerprint density at radius 1 is 1.80 bits per heavy atom. The van der Waals surface area contributed by atoms with E-state index in [1.165, 1.54) is 0 Å². The quantitative estimate of drug-likeness (QED) is 0.590. The van der Waals surface area contributed by atoms with Crippen LogP contribution in [0.25, 0.3) is 0 Å². The van der Waals surface area contributed by atoms with Gasteiger partial charge >= 0.3 is 0 Å². The van der Waals surface area contributed by atoms with Gasteiger partial charge in [-0.2, -0.15) is 5.26 Å². The van der Waals surface area contributed by atoms with Gasteiger partial charge in [0.2, 0.25) is 5.24 Å². The topological polar surface area (TPSA) is 40.9 Å². The van der Waals surface area contributed by atoms with E-state index in [1.54, 1.807) is 0 Å². The molecule has 0 radical (unpaired) electrons. The number of carbonyl (C=O) groups excluding carboxylic acids is 1. The first-order valence-corrected chi connectivity index (χ1v) is 3.69. The maximum atomic E-state index is 10.4. The van der Waals surface area contributed by atoms with Gasteiger partial charge < -0.3 is 0 Å². The Morgan fingerprint density at radius 3 is 2.70 bits per heavy atom. The predicted molar refractivity (Wildman–Crippen MR) is 39.5 cm³/mol. The first kappa shape index (κ1) is 9.45. The molecule has 0 amide bonds. The van der Waals surface area contributed by atoms with E-state index < -0.39 is 11.2 Å². The molecule has 0 N–H and O–H groups in total. The minimum Gasteiger partial charge on any atom is -0.280 e. The van der Waals surface area contributed by atoms with Crippen molar-refractivity contribution < 1.29 is 4.79 Å². The largest absolute Gasteiger partial charge is 0.280 e. The summed E-state index contributed by atoms with van der Waals surface area (Å²) >= 11 is 5.12. The Morgan fingerprint density at radius 2 is 2.40 bits per heavy atom. The van der Waals surface area contributed by atoms with Crippen molar-refractivity contribution in [3.8, 4) is 6.07 Å². The fourth-order valence-electron chi connectivity index (χ4n) is 0.637. The van der Waals surface area contributed by atoms with Gasteiger partial charge in [-0.25, -0.2) is 0 Å². The second kappa shape index (κ2) is 5.25. The molecule has 0 aromatic heterocycles. The summed E-state index contributed by atoms with van der Waals surface area (Å²) in [5, 5.41) is 7.84. The second-order valence-electron chi connectivity index (χ2n) is 2.13. The van der Waals surface area contributed by atoms with E-state index in [1.807, 2.05) is 13.0 Å². The smallest absolute Gasteiger partial charge is 0.238 e. The first-order chi connectivity index (χ1) is 4.72. The van der Waals surface area contributed by atoms with Crippen LogP contribution in [0.5, 0.6) is 0 Å². The number of halogens is 1. The second-order valence-corrected chi connectivity index (χ2v) is 2.50. The number of unbranched alkanes of at least 4 members (excludes halogenated alkanes) is 1. The zero-order valence-electron chi connectivity index (χ0n) is 5.93. The maximum Gasteiger partial charge on any atom is 0.238 e. The third-order valence-corrected chi connectivity index (χ3v) is 1.54. The van der Waals surface area contributed by atoms with Crippen LogP contribution < -0.4 is 0 Å². The molecule has 0 spiro atoms. The van der Waals surface area contributed by atoms with Crippen molar-refractivity contribution in [3.05, 3.63) is 0 Å². The van der Waals surface area contributed by atoms with E-state index in [0.717, 1.165) is 12.8 Å². The Kier molecular flexibility index (Phi) is 4.96. The standard InChI is InChI=1S/C7H10ClNO/c1-2-3-4-6(5-9)7(8)10/h6H,2-4H2,1H3/t6-/m1/s1. The van der Waals surface area contributed by atoms with E-state index in [4.69, 9.17) is 16.9 Å². The molecular weight excluding hydrogens is 150 g/mol. The maximum absolute atomic E-state index is 10.4. The highest BCUT2D eigenvalue weighted by atomic mass is 35.5. The molecule has 1 atom stereocenters. The van der Waals surface area contributed by atoms with Gasteiger partial charge in [0.25, 0.3) is 0 Å². The molecule has 3 heteroatoms. The number of carbonyl (C=O) groups is 1. The van der Waals surface area contributed by atoms with Crippen molar-refractivity contribution in [2.75, 3.05) is 0 Å². The van der Waals surface area contributed by atoms with E-state index in [2.05, 4.69) is 0 Å². The van der Waals surface area contributed by atoms with Gasteiger partial charge in [-0.3, -0.25) is 4.79 Å². The molecule has 0 heterocycles. The molecule has 2 nitrogen and oxygen atoms in total. The molecule has 0 rings (SSSR count). The molecule has 10 heavy (non-hydrogen) atoms. The molecule has 0 unspecified atom stereocenters. The molecule has 0 aromatic rings. The van der Waals surface area contributed by atoms with Crippen LogP contribution in [0.2, 0.25) is 0 Å². The molecule has 0 saturated heterocycles. The van der Waals surface area contributed by atoms with Crippen molar-refractivity contribution in [3.63, 3.8) is 0 Å². The normalized spacial score (nSPS) is 12.1. The number of nitrogens with zero attached hydrogens (tertiary/aromatic N) is 1. The molecule has 56 valence electrons. The number of nitriles is 1. The summed E-state index contributed by atoms with van der Waals surface area (Å²) in [6, 6.07) is 1.85. The summed E-state index contributed by atoms with van der Waals surface area (Å²) in [7, 11) is 0. The van der Waals surface area contributed by atoms with Crippen LogP contribution in [0.15, 0.2) is 0 Å². The van der Waals surface area contributed by atoms with Gasteiger partial charge in [0.15, 0.2) is 0 Å². The van der Waals surface area contributed by atoms with Crippen LogP contribution in [0.1, 0.15) is 26.2 Å². The average Bonchev–Trinajstić information content (AvgIpc) is 1.89. The van der Waals surface area contributed by atoms with Crippen LogP contribution in [-0.2, 0) is 4.79 Å². The van der Waals surface area contributed by atoms with Crippen LogP contribution in [-0.4, -0.2) is 5.24 Å². The van der Waals surface area contributed by atoms with Gasteiger partial charge in [0.1, 0.15) is 5.92 Å². The minimum atomic E-state index is -0.596.